The van der Waals surface area contributed by atoms with Crippen molar-refractivity contribution in [2.45, 2.75) is 0 Å². The zero-order valence-corrected chi connectivity index (χ0v) is 6.27. The Hall–Kier alpha value is -1.91. The van der Waals surface area contributed by atoms with Crippen LogP contribution < -0.4 is 11.5 Å². The number of carbonyl (C=O) groups excluding carboxylic acids is 1. The summed E-state index contributed by atoms with van der Waals surface area (Å²) < 4.78 is 0. The second-order valence-electron chi connectivity index (χ2n) is 1.92. The lowest BCUT2D eigenvalue weighted by Crippen LogP contribution is -2.18. The number of amides is 2. The summed E-state index contributed by atoms with van der Waals surface area (Å²) >= 11 is 0. The van der Waals surface area contributed by atoms with Crippen LogP contribution in [0.25, 0.3) is 0 Å². The van der Waals surface area contributed by atoms with E-state index in [9.17, 15) is 0 Å². The Morgan fingerprint density at radius 3 is 1.67 bits per heavy atom. The van der Waals surface area contributed by atoms with Crippen molar-refractivity contribution < 1.29 is 15.0 Å². The minimum Gasteiger partial charge on any atom is -0.508 e. The van der Waals surface area contributed by atoms with E-state index in [1.54, 1.807) is 6.07 Å². The van der Waals surface area contributed by atoms with Gasteiger partial charge in [0, 0.05) is 6.07 Å². The molecule has 0 unspecified atom stereocenters. The average molecular weight is 170 g/mol. The second-order valence-corrected chi connectivity index (χ2v) is 1.92. The predicted octanol–water partition coefficient (Wildman–Crippen LogP) is 0.122. The highest BCUT2D eigenvalue weighted by Gasteiger charge is 1.85. The molecule has 0 saturated carbocycles. The van der Waals surface area contributed by atoms with Crippen molar-refractivity contribution >= 4 is 6.03 Å². The summed E-state index contributed by atoms with van der Waals surface area (Å²) in [6.07, 6.45) is 0. The van der Waals surface area contributed by atoms with Crippen LogP contribution in [0, 0.1) is 0 Å². The van der Waals surface area contributed by atoms with Crippen LogP contribution in [0.2, 0.25) is 0 Å². The highest BCUT2D eigenvalue weighted by atomic mass is 16.3. The molecule has 1 aromatic rings. The molecule has 0 saturated heterocycles. The summed E-state index contributed by atoms with van der Waals surface area (Å²) in [7, 11) is 0. The van der Waals surface area contributed by atoms with Crippen molar-refractivity contribution in [3.05, 3.63) is 24.3 Å². The first-order chi connectivity index (χ1) is 5.52. The Labute approximate surface area is 69.2 Å². The number of hydrogen-bond donors (Lipinski definition) is 4. The van der Waals surface area contributed by atoms with Gasteiger partial charge in [-0.15, -0.1) is 0 Å². The number of hydrogen-bond acceptors (Lipinski definition) is 3. The van der Waals surface area contributed by atoms with Gasteiger partial charge in [-0.05, 0) is 12.1 Å². The minimum absolute atomic E-state index is 0.0880. The van der Waals surface area contributed by atoms with E-state index < -0.39 is 6.03 Å². The summed E-state index contributed by atoms with van der Waals surface area (Å²) in [5.74, 6) is 0.176. The molecule has 0 bridgehead atoms. The molecule has 6 N–H and O–H groups in total. The maximum Gasteiger partial charge on any atom is 0.309 e. The van der Waals surface area contributed by atoms with Crippen molar-refractivity contribution in [1.82, 2.24) is 0 Å². The molecule has 0 spiro atoms. The third-order valence-corrected chi connectivity index (χ3v) is 0.830. The first-order valence-electron chi connectivity index (χ1n) is 3.05. The minimum atomic E-state index is -0.833. The van der Waals surface area contributed by atoms with Crippen molar-refractivity contribution in [3.8, 4) is 11.5 Å². The average Bonchev–Trinajstić information content (AvgIpc) is 1.84. The summed E-state index contributed by atoms with van der Waals surface area (Å²) in [6.45, 7) is 0. The summed E-state index contributed by atoms with van der Waals surface area (Å²) in [4.78, 5) is 9.00. The molecule has 1 aromatic carbocycles. The zero-order chi connectivity index (χ0) is 9.56. The van der Waals surface area contributed by atoms with Crippen LogP contribution in [0.3, 0.4) is 0 Å². The maximum atomic E-state index is 9.00. The van der Waals surface area contributed by atoms with Gasteiger partial charge >= 0.3 is 6.03 Å². The third-order valence-electron chi connectivity index (χ3n) is 0.830. The van der Waals surface area contributed by atoms with Crippen molar-refractivity contribution in [3.63, 3.8) is 0 Å². The van der Waals surface area contributed by atoms with Crippen LogP contribution in [-0.2, 0) is 0 Å². The van der Waals surface area contributed by atoms with E-state index in [1.165, 1.54) is 18.2 Å². The molecular weight excluding hydrogens is 160 g/mol. The van der Waals surface area contributed by atoms with Gasteiger partial charge < -0.3 is 21.7 Å². The Morgan fingerprint density at radius 2 is 1.50 bits per heavy atom. The number of phenolic OH excluding ortho intramolecular Hbond substituents is 2. The van der Waals surface area contributed by atoms with E-state index in [-0.39, 0.29) is 11.5 Å². The lowest BCUT2D eigenvalue weighted by atomic mass is 10.3. The molecule has 0 atom stereocenters. The van der Waals surface area contributed by atoms with Gasteiger partial charge in [0.2, 0.25) is 0 Å². The third kappa shape index (κ3) is 6.21. The number of nitrogens with two attached hydrogens (primary N) is 2. The molecular formula is C7H10N2O3. The van der Waals surface area contributed by atoms with Gasteiger partial charge in [0.05, 0.1) is 0 Å². The molecule has 12 heavy (non-hydrogen) atoms. The first-order valence-corrected chi connectivity index (χ1v) is 3.05. The number of benzene rings is 1. The first kappa shape index (κ1) is 10.1. The second kappa shape index (κ2) is 4.84. The van der Waals surface area contributed by atoms with Gasteiger partial charge in [0.1, 0.15) is 11.5 Å². The molecule has 5 nitrogen and oxygen atoms in total. The van der Waals surface area contributed by atoms with Crippen LogP contribution in [0.15, 0.2) is 24.3 Å². The van der Waals surface area contributed by atoms with Crippen molar-refractivity contribution in [2.24, 2.45) is 11.5 Å². The van der Waals surface area contributed by atoms with Gasteiger partial charge in [-0.25, -0.2) is 4.79 Å². The van der Waals surface area contributed by atoms with E-state index in [4.69, 9.17) is 15.0 Å². The Balaban J connectivity index is 0.000000261. The Kier molecular flexibility index (Phi) is 4.07. The standard InChI is InChI=1S/C6H6O2.CH4N2O/c7-5-2-1-3-6(8)4-5;2-1(3)4/h1-4,7-8H;(H4,2,3,4). The van der Waals surface area contributed by atoms with E-state index >= 15 is 0 Å². The van der Waals surface area contributed by atoms with E-state index in [1.807, 2.05) is 0 Å². The molecule has 0 aliphatic heterocycles. The highest BCUT2D eigenvalue weighted by molar-refractivity contribution is 5.69. The fraction of sp³-hybridized carbons (Fsp3) is 0. The van der Waals surface area contributed by atoms with Gasteiger partial charge in [-0.3, -0.25) is 0 Å². The van der Waals surface area contributed by atoms with Gasteiger partial charge in [0.15, 0.2) is 0 Å². The SMILES string of the molecule is NC(N)=O.Oc1cccc(O)c1. The molecule has 0 aliphatic rings. The van der Waals surface area contributed by atoms with Gasteiger partial charge in [0.25, 0.3) is 0 Å². The number of urea groups is 1. The number of primary amides is 2. The molecule has 0 aliphatic carbocycles. The Bertz CT molecular complexity index is 241. The van der Waals surface area contributed by atoms with E-state index in [0.29, 0.717) is 0 Å². The zero-order valence-electron chi connectivity index (χ0n) is 6.27. The molecule has 5 heteroatoms. The molecule has 0 aromatic heterocycles. The van der Waals surface area contributed by atoms with Crippen LogP contribution >= 0.6 is 0 Å². The quantitative estimate of drug-likeness (QED) is 0.444. The lowest BCUT2D eigenvalue weighted by Gasteiger charge is -1.89. The van der Waals surface area contributed by atoms with Gasteiger partial charge in [-0.1, -0.05) is 6.07 Å². The molecule has 1 rings (SSSR count). The normalized spacial score (nSPS) is 8.00. The maximum absolute atomic E-state index is 9.00. The highest BCUT2D eigenvalue weighted by Crippen LogP contribution is 2.14. The number of carbonyl (C=O) groups is 1. The Morgan fingerprint density at radius 1 is 1.17 bits per heavy atom. The predicted molar refractivity (Wildman–Crippen MR) is 43.5 cm³/mol. The number of rotatable bonds is 0. The summed E-state index contributed by atoms with van der Waals surface area (Å²) in [6, 6.07) is 5.02. The summed E-state index contributed by atoms with van der Waals surface area (Å²) in [5, 5.41) is 17.3. The molecule has 0 heterocycles. The van der Waals surface area contributed by atoms with Crippen LogP contribution in [0.5, 0.6) is 11.5 Å². The van der Waals surface area contributed by atoms with Crippen LogP contribution in [0.1, 0.15) is 0 Å². The lowest BCUT2D eigenvalue weighted by molar-refractivity contribution is 0.256. The number of phenols is 2. The number of aromatic hydroxyl groups is 2. The van der Waals surface area contributed by atoms with E-state index in [0.717, 1.165) is 0 Å². The largest absolute Gasteiger partial charge is 0.508 e. The topological polar surface area (TPSA) is 110 Å². The molecule has 2 amide bonds. The molecule has 66 valence electrons. The van der Waals surface area contributed by atoms with Crippen LogP contribution in [-0.4, -0.2) is 16.2 Å². The fourth-order valence-corrected chi connectivity index (χ4v) is 0.493. The van der Waals surface area contributed by atoms with Crippen molar-refractivity contribution in [2.75, 3.05) is 0 Å². The monoisotopic (exact) mass is 170 g/mol. The van der Waals surface area contributed by atoms with Crippen LogP contribution in [0.4, 0.5) is 4.79 Å². The smallest absolute Gasteiger partial charge is 0.309 e. The fourth-order valence-electron chi connectivity index (χ4n) is 0.493. The van der Waals surface area contributed by atoms with Gasteiger partial charge in [-0.2, -0.15) is 0 Å². The van der Waals surface area contributed by atoms with Crippen molar-refractivity contribution in [1.29, 1.82) is 0 Å². The molecule has 0 radical (unpaired) electrons. The summed E-state index contributed by atoms with van der Waals surface area (Å²) in [5.41, 5.74) is 8.50. The van der Waals surface area contributed by atoms with E-state index in [2.05, 4.69) is 11.5 Å². The molecule has 0 fully saturated rings.